The van der Waals surface area contributed by atoms with Crippen molar-refractivity contribution in [2.45, 2.75) is 6.42 Å². The molecule has 1 N–H and O–H groups in total. The minimum absolute atomic E-state index is 0.114. The lowest BCUT2D eigenvalue weighted by atomic mass is 10.1. The minimum Gasteiger partial charge on any atom is -0.378 e. The molecular weight excluding hydrogens is 270 g/mol. The molecule has 0 saturated carbocycles. The molecule has 1 saturated heterocycles. The first-order valence-corrected chi connectivity index (χ1v) is 6.99. The van der Waals surface area contributed by atoms with Crippen molar-refractivity contribution >= 4 is 17.6 Å². The van der Waals surface area contributed by atoms with E-state index in [2.05, 4.69) is 5.32 Å². The number of urea groups is 1. The predicted molar refractivity (Wildman–Crippen MR) is 80.3 cm³/mol. The van der Waals surface area contributed by atoms with Gasteiger partial charge in [0.05, 0.1) is 19.6 Å². The van der Waals surface area contributed by atoms with Gasteiger partial charge in [0.15, 0.2) is 0 Å². The maximum atomic E-state index is 12.1. The molecule has 0 aliphatic carbocycles. The van der Waals surface area contributed by atoms with Gasteiger partial charge in [0, 0.05) is 32.9 Å². The van der Waals surface area contributed by atoms with Crippen molar-refractivity contribution in [3.8, 4) is 0 Å². The summed E-state index contributed by atoms with van der Waals surface area (Å²) in [5.41, 5.74) is 1.66. The topological polar surface area (TPSA) is 61.9 Å². The Hall–Kier alpha value is -2.08. The summed E-state index contributed by atoms with van der Waals surface area (Å²) in [6, 6.07) is 7.17. The molecule has 0 atom stereocenters. The van der Waals surface area contributed by atoms with Crippen LogP contribution in [0.5, 0.6) is 0 Å². The summed E-state index contributed by atoms with van der Waals surface area (Å²) in [4.78, 5) is 26.9. The fourth-order valence-corrected chi connectivity index (χ4v) is 2.04. The van der Waals surface area contributed by atoms with Crippen LogP contribution in [-0.4, -0.2) is 62.1 Å². The monoisotopic (exact) mass is 291 g/mol. The zero-order chi connectivity index (χ0) is 15.2. The van der Waals surface area contributed by atoms with Gasteiger partial charge in [0.25, 0.3) is 0 Å². The van der Waals surface area contributed by atoms with Crippen LogP contribution in [0.15, 0.2) is 24.3 Å². The van der Waals surface area contributed by atoms with E-state index in [-0.39, 0.29) is 11.9 Å². The summed E-state index contributed by atoms with van der Waals surface area (Å²) >= 11 is 0. The molecule has 1 aliphatic rings. The number of amides is 3. The van der Waals surface area contributed by atoms with E-state index in [0.717, 1.165) is 11.3 Å². The number of carbonyl (C=O) groups excluding carboxylic acids is 2. The van der Waals surface area contributed by atoms with Crippen molar-refractivity contribution in [1.29, 1.82) is 0 Å². The second kappa shape index (κ2) is 7.08. The quantitative estimate of drug-likeness (QED) is 0.909. The second-order valence-corrected chi connectivity index (χ2v) is 5.19. The third-order valence-electron chi connectivity index (χ3n) is 3.33. The van der Waals surface area contributed by atoms with Crippen molar-refractivity contribution < 1.29 is 14.3 Å². The predicted octanol–water partition coefficient (Wildman–Crippen LogP) is 1.18. The van der Waals surface area contributed by atoms with E-state index >= 15 is 0 Å². The third-order valence-corrected chi connectivity index (χ3v) is 3.33. The highest BCUT2D eigenvalue weighted by molar-refractivity contribution is 5.89. The fourth-order valence-electron chi connectivity index (χ4n) is 2.04. The molecule has 0 radical (unpaired) electrons. The minimum atomic E-state index is -0.174. The Labute approximate surface area is 124 Å². The summed E-state index contributed by atoms with van der Waals surface area (Å²) in [5.74, 6) is 0.114. The second-order valence-electron chi connectivity index (χ2n) is 5.19. The van der Waals surface area contributed by atoms with E-state index in [9.17, 15) is 9.59 Å². The lowest BCUT2D eigenvalue weighted by molar-refractivity contribution is -0.134. The van der Waals surface area contributed by atoms with Gasteiger partial charge in [-0.25, -0.2) is 4.79 Å². The molecule has 1 aromatic rings. The highest BCUT2D eigenvalue weighted by Crippen LogP contribution is 2.12. The van der Waals surface area contributed by atoms with Crippen LogP contribution in [0.4, 0.5) is 10.5 Å². The van der Waals surface area contributed by atoms with Crippen molar-refractivity contribution in [3.05, 3.63) is 29.8 Å². The van der Waals surface area contributed by atoms with Crippen LogP contribution < -0.4 is 5.32 Å². The van der Waals surface area contributed by atoms with Gasteiger partial charge in [-0.3, -0.25) is 4.79 Å². The van der Waals surface area contributed by atoms with E-state index < -0.39 is 0 Å². The van der Waals surface area contributed by atoms with Gasteiger partial charge in [0.1, 0.15) is 0 Å². The van der Waals surface area contributed by atoms with Gasteiger partial charge in [-0.2, -0.15) is 0 Å². The van der Waals surface area contributed by atoms with Gasteiger partial charge in [-0.15, -0.1) is 0 Å². The smallest absolute Gasteiger partial charge is 0.321 e. The number of nitrogens with one attached hydrogen (secondary N) is 1. The molecule has 2 rings (SSSR count). The molecule has 6 nitrogen and oxygen atoms in total. The number of anilines is 1. The maximum Gasteiger partial charge on any atom is 0.321 e. The van der Waals surface area contributed by atoms with Crippen LogP contribution in [0.2, 0.25) is 0 Å². The number of hydrogen-bond donors (Lipinski definition) is 1. The molecule has 1 aliphatic heterocycles. The lowest BCUT2D eigenvalue weighted by Gasteiger charge is -2.26. The highest BCUT2D eigenvalue weighted by Gasteiger charge is 2.16. The molecule has 3 amide bonds. The maximum absolute atomic E-state index is 12.1. The van der Waals surface area contributed by atoms with Crippen LogP contribution >= 0.6 is 0 Å². The standard InChI is InChI=1S/C15H21N3O3/c1-17(2)15(20)16-13-5-3-12(4-6-13)11-14(19)18-7-9-21-10-8-18/h3-6H,7-11H2,1-2H3,(H,16,20). The number of hydrogen-bond acceptors (Lipinski definition) is 3. The van der Waals surface area contributed by atoms with Gasteiger partial charge >= 0.3 is 6.03 Å². The number of benzene rings is 1. The Bertz CT molecular complexity index is 493. The zero-order valence-electron chi connectivity index (χ0n) is 12.5. The van der Waals surface area contributed by atoms with E-state index in [1.165, 1.54) is 4.90 Å². The summed E-state index contributed by atoms with van der Waals surface area (Å²) in [6.07, 6.45) is 0.377. The zero-order valence-corrected chi connectivity index (χ0v) is 12.5. The molecule has 114 valence electrons. The summed E-state index contributed by atoms with van der Waals surface area (Å²) in [5, 5.41) is 2.76. The first-order valence-electron chi connectivity index (χ1n) is 6.99. The fraction of sp³-hybridized carbons (Fsp3) is 0.467. The summed E-state index contributed by atoms with van der Waals surface area (Å²) in [7, 11) is 3.37. The SMILES string of the molecule is CN(C)C(=O)Nc1ccc(CC(=O)N2CCOCC2)cc1. The Morgan fingerprint density at radius 1 is 1.19 bits per heavy atom. The Kier molecular flexibility index (Phi) is 5.16. The van der Waals surface area contributed by atoms with E-state index in [4.69, 9.17) is 4.74 Å². The first kappa shape index (κ1) is 15.3. The van der Waals surface area contributed by atoms with Crippen LogP contribution in [0.25, 0.3) is 0 Å². The number of morpholine rings is 1. The van der Waals surface area contributed by atoms with E-state index in [1.54, 1.807) is 14.1 Å². The number of ether oxygens (including phenoxy) is 1. The Morgan fingerprint density at radius 2 is 1.81 bits per heavy atom. The van der Waals surface area contributed by atoms with Crippen LogP contribution in [0, 0.1) is 0 Å². The van der Waals surface area contributed by atoms with Gasteiger partial charge in [-0.1, -0.05) is 12.1 Å². The average Bonchev–Trinajstić information content (AvgIpc) is 2.50. The van der Waals surface area contributed by atoms with Crippen molar-refractivity contribution in [2.24, 2.45) is 0 Å². The molecule has 0 bridgehead atoms. The lowest BCUT2D eigenvalue weighted by Crippen LogP contribution is -2.41. The van der Waals surface area contributed by atoms with Gasteiger partial charge in [-0.05, 0) is 17.7 Å². The van der Waals surface area contributed by atoms with Crippen LogP contribution in [0.3, 0.4) is 0 Å². The normalized spacial score (nSPS) is 14.7. The molecule has 1 aromatic carbocycles. The number of rotatable bonds is 3. The van der Waals surface area contributed by atoms with Gasteiger partial charge in [0.2, 0.25) is 5.91 Å². The van der Waals surface area contributed by atoms with Crippen LogP contribution in [-0.2, 0) is 16.0 Å². The molecule has 1 fully saturated rings. The third kappa shape index (κ3) is 4.46. The van der Waals surface area contributed by atoms with Crippen molar-refractivity contribution in [3.63, 3.8) is 0 Å². The highest BCUT2D eigenvalue weighted by atomic mass is 16.5. The van der Waals surface area contributed by atoms with Crippen LogP contribution in [0.1, 0.15) is 5.56 Å². The molecule has 21 heavy (non-hydrogen) atoms. The molecular formula is C15H21N3O3. The van der Waals surface area contributed by atoms with E-state index in [0.29, 0.717) is 32.7 Å². The number of carbonyl (C=O) groups is 2. The van der Waals surface area contributed by atoms with Gasteiger partial charge < -0.3 is 19.9 Å². The molecule has 1 heterocycles. The van der Waals surface area contributed by atoms with Crippen molar-refractivity contribution in [1.82, 2.24) is 9.80 Å². The molecule has 0 unspecified atom stereocenters. The largest absolute Gasteiger partial charge is 0.378 e. The average molecular weight is 291 g/mol. The first-order chi connectivity index (χ1) is 10.1. The molecule has 6 heteroatoms. The Balaban J connectivity index is 1.89. The Morgan fingerprint density at radius 3 is 2.38 bits per heavy atom. The molecule has 0 aromatic heterocycles. The summed E-state index contributed by atoms with van der Waals surface area (Å²) in [6.45, 7) is 2.55. The summed E-state index contributed by atoms with van der Waals surface area (Å²) < 4.78 is 5.23. The van der Waals surface area contributed by atoms with Crippen molar-refractivity contribution in [2.75, 3.05) is 45.7 Å². The number of nitrogens with zero attached hydrogens (tertiary/aromatic N) is 2. The molecule has 0 spiro atoms. The van der Waals surface area contributed by atoms with E-state index in [1.807, 2.05) is 29.2 Å².